The average molecular weight is 226 g/mol. The van der Waals surface area contributed by atoms with Crippen LogP contribution in [0.3, 0.4) is 0 Å². The molecule has 0 amide bonds. The minimum Gasteiger partial charge on any atom is -0.508 e. The molecular formula is C13H26N2O. The SMILES string of the molecule is CC.CC(C)NCCN.Oc1ccccc1. The molecule has 1 rings (SSSR count). The van der Waals surface area contributed by atoms with Crippen LogP contribution in [0.15, 0.2) is 30.3 Å². The summed E-state index contributed by atoms with van der Waals surface area (Å²) in [6.45, 7) is 9.88. The van der Waals surface area contributed by atoms with Crippen LogP contribution >= 0.6 is 0 Å². The highest BCUT2D eigenvalue weighted by Crippen LogP contribution is 2.02. The van der Waals surface area contributed by atoms with Gasteiger partial charge in [0.15, 0.2) is 0 Å². The van der Waals surface area contributed by atoms with Crippen molar-refractivity contribution < 1.29 is 5.11 Å². The summed E-state index contributed by atoms with van der Waals surface area (Å²) in [4.78, 5) is 0. The van der Waals surface area contributed by atoms with Gasteiger partial charge in [-0.15, -0.1) is 0 Å². The van der Waals surface area contributed by atoms with Gasteiger partial charge in [-0.2, -0.15) is 0 Å². The van der Waals surface area contributed by atoms with Crippen molar-refractivity contribution in [2.75, 3.05) is 13.1 Å². The van der Waals surface area contributed by atoms with Crippen molar-refractivity contribution in [1.82, 2.24) is 5.32 Å². The predicted molar refractivity (Wildman–Crippen MR) is 71.6 cm³/mol. The third-order valence-electron chi connectivity index (χ3n) is 1.45. The molecule has 0 aliphatic heterocycles. The molecule has 0 aromatic heterocycles. The number of nitrogens with two attached hydrogens (primary N) is 1. The Morgan fingerprint density at radius 1 is 1.19 bits per heavy atom. The Bertz CT molecular complexity index is 212. The smallest absolute Gasteiger partial charge is 0.115 e. The van der Waals surface area contributed by atoms with Crippen molar-refractivity contribution in [2.24, 2.45) is 5.73 Å². The van der Waals surface area contributed by atoms with Gasteiger partial charge >= 0.3 is 0 Å². The largest absolute Gasteiger partial charge is 0.508 e. The number of aromatic hydroxyl groups is 1. The third kappa shape index (κ3) is 15.4. The Labute approximate surface area is 99.7 Å². The molecule has 16 heavy (non-hydrogen) atoms. The monoisotopic (exact) mass is 226 g/mol. The molecule has 0 spiro atoms. The van der Waals surface area contributed by atoms with E-state index in [0.29, 0.717) is 11.8 Å². The molecule has 94 valence electrons. The Morgan fingerprint density at radius 3 is 1.88 bits per heavy atom. The molecule has 0 heterocycles. The van der Waals surface area contributed by atoms with Crippen LogP contribution in [0.2, 0.25) is 0 Å². The van der Waals surface area contributed by atoms with Crippen molar-refractivity contribution in [3.05, 3.63) is 30.3 Å². The van der Waals surface area contributed by atoms with Gasteiger partial charge in [-0.3, -0.25) is 0 Å². The lowest BCUT2D eigenvalue weighted by molar-refractivity contribution is 0.475. The molecule has 1 aromatic carbocycles. The zero-order chi connectivity index (χ0) is 12.8. The van der Waals surface area contributed by atoms with Crippen molar-refractivity contribution in [2.45, 2.75) is 33.7 Å². The predicted octanol–water partition coefficient (Wildman–Crippen LogP) is 2.36. The van der Waals surface area contributed by atoms with E-state index in [2.05, 4.69) is 19.2 Å². The molecule has 0 aliphatic carbocycles. The van der Waals surface area contributed by atoms with Crippen LogP contribution < -0.4 is 11.1 Å². The van der Waals surface area contributed by atoms with Crippen molar-refractivity contribution >= 4 is 0 Å². The first-order valence-electron chi connectivity index (χ1n) is 5.84. The maximum atomic E-state index is 8.63. The van der Waals surface area contributed by atoms with E-state index in [-0.39, 0.29) is 0 Å². The van der Waals surface area contributed by atoms with Gasteiger partial charge in [-0.1, -0.05) is 45.9 Å². The van der Waals surface area contributed by atoms with E-state index in [9.17, 15) is 0 Å². The summed E-state index contributed by atoms with van der Waals surface area (Å²) in [7, 11) is 0. The number of hydrogen-bond donors (Lipinski definition) is 3. The molecule has 0 saturated heterocycles. The Morgan fingerprint density at radius 2 is 1.69 bits per heavy atom. The second-order valence-corrected chi connectivity index (χ2v) is 3.23. The summed E-state index contributed by atoms with van der Waals surface area (Å²) in [5, 5.41) is 11.8. The lowest BCUT2D eigenvalue weighted by atomic mass is 10.3. The van der Waals surface area contributed by atoms with Gasteiger partial charge in [0.05, 0.1) is 0 Å². The lowest BCUT2D eigenvalue weighted by Crippen LogP contribution is -2.28. The standard InChI is InChI=1S/C6H6O.C5H14N2.C2H6/c7-6-4-2-1-3-5-6;1-5(2)7-4-3-6;1-2/h1-5,7H;5,7H,3-4,6H2,1-2H3;1-2H3. The molecular weight excluding hydrogens is 200 g/mol. The van der Waals surface area contributed by atoms with E-state index in [1.165, 1.54) is 0 Å². The molecule has 1 aromatic rings. The number of nitrogens with one attached hydrogen (secondary N) is 1. The molecule has 0 atom stereocenters. The number of para-hydroxylation sites is 1. The fraction of sp³-hybridized carbons (Fsp3) is 0.538. The lowest BCUT2D eigenvalue weighted by Gasteiger charge is -2.03. The van der Waals surface area contributed by atoms with E-state index < -0.39 is 0 Å². The Hall–Kier alpha value is -1.06. The zero-order valence-corrected chi connectivity index (χ0v) is 10.9. The van der Waals surface area contributed by atoms with Crippen molar-refractivity contribution in [1.29, 1.82) is 0 Å². The fourth-order valence-corrected chi connectivity index (χ4v) is 0.800. The number of rotatable bonds is 3. The summed E-state index contributed by atoms with van der Waals surface area (Å²) in [5.74, 6) is 0.322. The van der Waals surface area contributed by atoms with E-state index in [4.69, 9.17) is 10.8 Å². The number of phenols is 1. The van der Waals surface area contributed by atoms with Crippen molar-refractivity contribution in [3.63, 3.8) is 0 Å². The van der Waals surface area contributed by atoms with E-state index in [0.717, 1.165) is 13.1 Å². The molecule has 0 unspecified atom stereocenters. The summed E-state index contributed by atoms with van der Waals surface area (Å²) >= 11 is 0. The first-order chi connectivity index (χ1) is 7.66. The third-order valence-corrected chi connectivity index (χ3v) is 1.45. The summed E-state index contributed by atoms with van der Waals surface area (Å²) < 4.78 is 0. The highest BCUT2D eigenvalue weighted by Gasteiger charge is 1.85. The number of benzene rings is 1. The molecule has 3 nitrogen and oxygen atoms in total. The normalized spacial score (nSPS) is 8.62. The molecule has 4 N–H and O–H groups in total. The van der Waals surface area contributed by atoms with Crippen molar-refractivity contribution in [3.8, 4) is 5.75 Å². The zero-order valence-electron chi connectivity index (χ0n) is 10.9. The van der Waals surface area contributed by atoms with Gasteiger partial charge in [0.2, 0.25) is 0 Å². The topological polar surface area (TPSA) is 58.3 Å². The van der Waals surface area contributed by atoms with Crippen LogP contribution in [0.5, 0.6) is 5.75 Å². The van der Waals surface area contributed by atoms with Crippen LogP contribution in [0.4, 0.5) is 0 Å². The average Bonchev–Trinajstić information content (AvgIpc) is 2.31. The first-order valence-corrected chi connectivity index (χ1v) is 5.84. The Balaban J connectivity index is 0. The van der Waals surface area contributed by atoms with Gasteiger partial charge in [-0.25, -0.2) is 0 Å². The molecule has 0 aliphatic rings. The van der Waals surface area contributed by atoms with Gasteiger partial charge in [-0.05, 0) is 12.1 Å². The maximum absolute atomic E-state index is 8.63. The Kier molecular flexibility index (Phi) is 15.1. The molecule has 0 fully saturated rings. The van der Waals surface area contributed by atoms with Crippen LogP contribution in [0.25, 0.3) is 0 Å². The number of phenolic OH excluding ortho intramolecular Hbond substituents is 1. The minimum atomic E-state index is 0.322. The second-order valence-electron chi connectivity index (χ2n) is 3.23. The minimum absolute atomic E-state index is 0.322. The summed E-state index contributed by atoms with van der Waals surface area (Å²) in [6.07, 6.45) is 0. The molecule has 0 radical (unpaired) electrons. The molecule has 0 bridgehead atoms. The van der Waals surface area contributed by atoms with Crippen LogP contribution in [0.1, 0.15) is 27.7 Å². The quantitative estimate of drug-likeness (QED) is 0.741. The van der Waals surface area contributed by atoms with Crippen LogP contribution in [-0.4, -0.2) is 24.2 Å². The van der Waals surface area contributed by atoms with Gasteiger partial charge in [0, 0.05) is 19.1 Å². The van der Waals surface area contributed by atoms with Gasteiger partial charge in [0.1, 0.15) is 5.75 Å². The first kappa shape index (κ1) is 17.3. The molecule has 0 saturated carbocycles. The molecule has 3 heteroatoms. The van der Waals surface area contributed by atoms with Gasteiger partial charge < -0.3 is 16.2 Å². The van der Waals surface area contributed by atoms with Crippen LogP contribution in [-0.2, 0) is 0 Å². The van der Waals surface area contributed by atoms with E-state index in [1.54, 1.807) is 24.3 Å². The summed E-state index contributed by atoms with van der Waals surface area (Å²) in [6, 6.07) is 9.29. The highest BCUT2D eigenvalue weighted by atomic mass is 16.3. The second kappa shape index (κ2) is 13.9. The highest BCUT2D eigenvalue weighted by molar-refractivity contribution is 5.18. The number of hydrogen-bond acceptors (Lipinski definition) is 3. The van der Waals surface area contributed by atoms with E-state index >= 15 is 0 Å². The van der Waals surface area contributed by atoms with Gasteiger partial charge in [0.25, 0.3) is 0 Å². The maximum Gasteiger partial charge on any atom is 0.115 e. The van der Waals surface area contributed by atoms with Crippen LogP contribution in [0, 0.1) is 0 Å². The summed E-state index contributed by atoms with van der Waals surface area (Å²) in [5.41, 5.74) is 5.21. The fourth-order valence-electron chi connectivity index (χ4n) is 0.800. The van der Waals surface area contributed by atoms with E-state index in [1.807, 2.05) is 19.9 Å².